The van der Waals surface area contributed by atoms with Crippen molar-refractivity contribution in [3.63, 3.8) is 0 Å². The number of hydrogen-bond acceptors (Lipinski definition) is 3. The Labute approximate surface area is 98.9 Å². The highest BCUT2D eigenvalue weighted by atomic mass is 16.5. The molecule has 0 spiro atoms. The van der Waals surface area contributed by atoms with Gasteiger partial charge in [-0.25, -0.2) is 4.98 Å². The van der Waals surface area contributed by atoms with Gasteiger partial charge in [0, 0.05) is 12.3 Å². The van der Waals surface area contributed by atoms with E-state index in [4.69, 9.17) is 9.47 Å². The number of anilines is 1. The van der Waals surface area contributed by atoms with Crippen LogP contribution in [0.1, 0.15) is 5.56 Å². The van der Waals surface area contributed by atoms with E-state index >= 15 is 0 Å². The SMILES string of the molecule is COc1cc2c3c(cc[nH+]c3c1OC)NC=C2. The second-order valence-electron chi connectivity index (χ2n) is 3.82. The van der Waals surface area contributed by atoms with Crippen LogP contribution in [0.2, 0.25) is 0 Å². The maximum Gasteiger partial charge on any atom is 0.259 e. The van der Waals surface area contributed by atoms with E-state index in [0.29, 0.717) is 0 Å². The number of methoxy groups -OCH3 is 2. The summed E-state index contributed by atoms with van der Waals surface area (Å²) in [5.74, 6) is 1.46. The molecule has 2 heterocycles. The molecule has 0 fully saturated rings. The van der Waals surface area contributed by atoms with E-state index in [9.17, 15) is 0 Å². The summed E-state index contributed by atoms with van der Waals surface area (Å²) in [4.78, 5) is 3.22. The Bertz CT molecular complexity index is 620. The average Bonchev–Trinajstić information content (AvgIpc) is 2.39. The minimum absolute atomic E-state index is 0.727. The van der Waals surface area contributed by atoms with Gasteiger partial charge in [-0.15, -0.1) is 0 Å². The summed E-state index contributed by atoms with van der Waals surface area (Å²) >= 11 is 0. The van der Waals surface area contributed by atoms with Crippen molar-refractivity contribution >= 4 is 22.7 Å². The van der Waals surface area contributed by atoms with Crippen LogP contribution >= 0.6 is 0 Å². The fourth-order valence-corrected chi connectivity index (χ4v) is 2.21. The molecule has 1 aromatic heterocycles. The van der Waals surface area contributed by atoms with Crippen molar-refractivity contribution in [2.45, 2.75) is 0 Å². The van der Waals surface area contributed by atoms with Crippen LogP contribution in [0.5, 0.6) is 11.5 Å². The number of aromatic nitrogens is 1. The van der Waals surface area contributed by atoms with E-state index in [1.165, 1.54) is 0 Å². The number of nitrogens with one attached hydrogen (secondary N) is 2. The van der Waals surface area contributed by atoms with Gasteiger partial charge in [-0.2, -0.15) is 0 Å². The molecular weight excluding hydrogens is 216 g/mol. The number of ether oxygens (including phenoxy) is 2. The molecule has 1 aliphatic heterocycles. The van der Waals surface area contributed by atoms with Crippen molar-refractivity contribution in [2.75, 3.05) is 19.5 Å². The molecule has 0 bridgehead atoms. The number of aromatic amines is 1. The Morgan fingerprint density at radius 2 is 2.12 bits per heavy atom. The van der Waals surface area contributed by atoms with Crippen molar-refractivity contribution in [1.82, 2.24) is 0 Å². The molecule has 1 aromatic carbocycles. The molecule has 86 valence electrons. The monoisotopic (exact) mass is 229 g/mol. The maximum atomic E-state index is 5.42. The molecule has 17 heavy (non-hydrogen) atoms. The smallest absolute Gasteiger partial charge is 0.259 e. The highest BCUT2D eigenvalue weighted by Gasteiger charge is 2.21. The fraction of sp³-hybridized carbons (Fsp3) is 0.154. The van der Waals surface area contributed by atoms with Gasteiger partial charge in [0.1, 0.15) is 0 Å². The van der Waals surface area contributed by atoms with Crippen LogP contribution in [-0.2, 0) is 0 Å². The van der Waals surface area contributed by atoms with Gasteiger partial charge in [-0.1, -0.05) is 0 Å². The van der Waals surface area contributed by atoms with Crippen LogP contribution in [0.4, 0.5) is 5.69 Å². The predicted molar refractivity (Wildman–Crippen MR) is 66.3 cm³/mol. The summed E-state index contributed by atoms with van der Waals surface area (Å²) in [6.45, 7) is 0. The summed E-state index contributed by atoms with van der Waals surface area (Å²) in [5, 5.41) is 4.34. The Morgan fingerprint density at radius 1 is 1.24 bits per heavy atom. The van der Waals surface area contributed by atoms with Crippen LogP contribution in [0.25, 0.3) is 17.0 Å². The van der Waals surface area contributed by atoms with Crippen LogP contribution in [-0.4, -0.2) is 14.2 Å². The topological polar surface area (TPSA) is 44.6 Å². The number of H-pyrrole nitrogens is 1. The first kappa shape index (κ1) is 9.96. The molecular formula is C13H13N2O2+. The van der Waals surface area contributed by atoms with Gasteiger partial charge < -0.3 is 14.8 Å². The van der Waals surface area contributed by atoms with E-state index in [1.54, 1.807) is 14.2 Å². The first-order chi connectivity index (χ1) is 8.35. The van der Waals surface area contributed by atoms with Crippen molar-refractivity contribution in [1.29, 1.82) is 0 Å². The molecule has 0 atom stereocenters. The lowest BCUT2D eigenvalue weighted by Gasteiger charge is -2.14. The highest BCUT2D eigenvalue weighted by molar-refractivity contribution is 6.02. The molecule has 0 amide bonds. The third-order valence-electron chi connectivity index (χ3n) is 2.95. The van der Waals surface area contributed by atoms with Crippen molar-refractivity contribution in [3.8, 4) is 11.5 Å². The average molecular weight is 229 g/mol. The molecule has 0 saturated carbocycles. The number of hydrogen-bond donors (Lipinski definition) is 1. The molecule has 0 saturated heterocycles. The lowest BCUT2D eigenvalue weighted by Crippen LogP contribution is -2.09. The van der Waals surface area contributed by atoms with Gasteiger partial charge in [-0.05, 0) is 17.7 Å². The van der Waals surface area contributed by atoms with E-state index in [-0.39, 0.29) is 0 Å². The largest absolute Gasteiger partial charge is 0.493 e. The third-order valence-corrected chi connectivity index (χ3v) is 2.95. The minimum Gasteiger partial charge on any atom is -0.493 e. The van der Waals surface area contributed by atoms with E-state index in [0.717, 1.165) is 33.7 Å². The summed E-state index contributed by atoms with van der Waals surface area (Å²) < 4.78 is 10.8. The zero-order valence-corrected chi connectivity index (χ0v) is 9.70. The molecule has 2 aromatic rings. The lowest BCUT2D eigenvalue weighted by molar-refractivity contribution is -0.345. The Morgan fingerprint density at radius 3 is 2.88 bits per heavy atom. The molecule has 2 N–H and O–H groups in total. The summed E-state index contributed by atoms with van der Waals surface area (Å²) in [5.41, 5.74) is 3.12. The van der Waals surface area contributed by atoms with Gasteiger partial charge in [0.15, 0.2) is 11.9 Å². The molecule has 0 unspecified atom stereocenters. The van der Waals surface area contributed by atoms with Crippen LogP contribution in [0, 0.1) is 0 Å². The second kappa shape index (κ2) is 3.66. The minimum atomic E-state index is 0.727. The molecule has 3 rings (SSSR count). The van der Waals surface area contributed by atoms with Gasteiger partial charge in [0.05, 0.1) is 25.3 Å². The Hall–Kier alpha value is -2.23. The van der Waals surface area contributed by atoms with E-state index in [1.807, 2.05) is 30.6 Å². The Balaban J connectivity index is 2.47. The molecule has 4 heteroatoms. The molecule has 0 radical (unpaired) electrons. The van der Waals surface area contributed by atoms with Gasteiger partial charge in [-0.3, -0.25) is 0 Å². The third kappa shape index (κ3) is 1.34. The number of pyridine rings is 1. The summed E-state index contributed by atoms with van der Waals surface area (Å²) in [7, 11) is 3.29. The van der Waals surface area contributed by atoms with Crippen molar-refractivity contribution < 1.29 is 14.5 Å². The first-order valence-electron chi connectivity index (χ1n) is 5.37. The quantitative estimate of drug-likeness (QED) is 0.857. The van der Waals surface area contributed by atoms with Gasteiger partial charge in [0.25, 0.3) is 5.52 Å². The zero-order chi connectivity index (χ0) is 11.8. The predicted octanol–water partition coefficient (Wildman–Crippen LogP) is 2.07. The molecule has 4 nitrogen and oxygen atoms in total. The van der Waals surface area contributed by atoms with Gasteiger partial charge in [0.2, 0.25) is 5.75 Å². The van der Waals surface area contributed by atoms with Crippen molar-refractivity contribution in [3.05, 3.63) is 30.1 Å². The molecule has 0 aliphatic carbocycles. The maximum absolute atomic E-state index is 5.42. The van der Waals surface area contributed by atoms with Crippen LogP contribution in [0.3, 0.4) is 0 Å². The van der Waals surface area contributed by atoms with Crippen LogP contribution < -0.4 is 19.8 Å². The first-order valence-corrected chi connectivity index (χ1v) is 5.37. The molecule has 1 aliphatic rings. The summed E-state index contributed by atoms with van der Waals surface area (Å²) in [6.07, 6.45) is 5.82. The van der Waals surface area contributed by atoms with Crippen LogP contribution in [0.15, 0.2) is 24.5 Å². The zero-order valence-electron chi connectivity index (χ0n) is 9.70. The van der Waals surface area contributed by atoms with E-state index in [2.05, 4.69) is 10.3 Å². The Kier molecular flexibility index (Phi) is 2.14. The summed E-state index contributed by atoms with van der Waals surface area (Å²) in [6, 6.07) is 3.98. The number of rotatable bonds is 2. The highest BCUT2D eigenvalue weighted by Crippen LogP contribution is 2.40. The van der Waals surface area contributed by atoms with Gasteiger partial charge >= 0.3 is 0 Å². The second-order valence-corrected chi connectivity index (χ2v) is 3.82. The lowest BCUT2D eigenvalue weighted by atomic mass is 10.0. The number of benzene rings is 1. The van der Waals surface area contributed by atoms with Crippen molar-refractivity contribution in [2.24, 2.45) is 0 Å². The fourth-order valence-electron chi connectivity index (χ4n) is 2.21. The van der Waals surface area contributed by atoms with E-state index < -0.39 is 0 Å². The standard InChI is InChI=1S/C13H12N2O2/c1-16-10-7-8-3-5-14-9-4-6-15-12(11(8)9)13(10)17-2/h3-7,14H,1-2H3/p+1. The normalized spacial score (nSPS) is 12.4.